The predicted octanol–water partition coefficient (Wildman–Crippen LogP) is 10.4. The summed E-state index contributed by atoms with van der Waals surface area (Å²) in [6, 6.07) is 24.6. The van der Waals surface area contributed by atoms with Gasteiger partial charge in [0.25, 0.3) is 15.9 Å². The van der Waals surface area contributed by atoms with Gasteiger partial charge in [0, 0.05) is 73.3 Å². The maximum absolute atomic E-state index is 14.0. The minimum Gasteiger partial charge on any atom is -0.455 e. The van der Waals surface area contributed by atoms with Gasteiger partial charge in [0.05, 0.1) is 28.1 Å². The van der Waals surface area contributed by atoms with Crippen LogP contribution in [0.5, 0.6) is 11.5 Å². The number of H-pyrrole nitrogens is 1. The molecule has 3 aromatic carbocycles. The number of nitrogens with one attached hydrogen (secondary N) is 3. The first-order valence-electron chi connectivity index (χ1n) is 21.7. The van der Waals surface area contributed by atoms with Gasteiger partial charge in [-0.1, -0.05) is 43.2 Å². The minimum atomic E-state index is -4.24. The van der Waals surface area contributed by atoms with Crippen LogP contribution < -0.4 is 19.7 Å². The van der Waals surface area contributed by atoms with Gasteiger partial charge in [-0.25, -0.2) is 18.1 Å². The number of pyridine rings is 1. The highest BCUT2D eigenvalue weighted by Gasteiger charge is 2.32. The maximum Gasteiger partial charge on any atom is 0.268 e. The summed E-state index contributed by atoms with van der Waals surface area (Å²) in [4.78, 5) is 26.3. The molecule has 2 aromatic heterocycles. The molecule has 324 valence electrons. The lowest BCUT2D eigenvalue weighted by molar-refractivity contribution is 0.0979. The average Bonchev–Trinajstić information content (AvgIpc) is 3.73. The van der Waals surface area contributed by atoms with Crippen LogP contribution in [-0.4, -0.2) is 68.5 Å². The summed E-state index contributed by atoms with van der Waals surface area (Å²) in [7, 11) is -4.24. The number of aryl methyl sites for hydroxylation is 1. The lowest BCUT2D eigenvalue weighted by atomic mass is 9.72. The first kappa shape index (κ1) is 43.3. The number of sulfonamides is 1. The number of allylic oxidation sites excluding steroid dienone is 1. The van der Waals surface area contributed by atoms with Gasteiger partial charge >= 0.3 is 0 Å². The van der Waals surface area contributed by atoms with E-state index >= 15 is 0 Å². The predicted molar refractivity (Wildman–Crippen MR) is 247 cm³/mol. The lowest BCUT2D eigenvalue weighted by Crippen LogP contribution is -2.47. The first-order valence-corrected chi connectivity index (χ1v) is 23.5. The van der Waals surface area contributed by atoms with Gasteiger partial charge in [0.15, 0.2) is 0 Å². The molecule has 62 heavy (non-hydrogen) atoms. The number of piperazine rings is 1. The third-order valence-electron chi connectivity index (χ3n) is 13.1. The van der Waals surface area contributed by atoms with Gasteiger partial charge in [-0.2, -0.15) is 5.26 Å². The smallest absolute Gasteiger partial charge is 0.268 e. The SMILES string of the molecule is Cc1cc(S(=O)(=O)NC(=O)c2ccc(N3CCN(CC4=C(c5ccc(Cl)cc5)CC(C)(C)CC4)CC3)cc2Oc2cnc3[nH]ccc3c2)ccc1NCC1CCC(C)(C#N)CC1. The number of carbonyl (C=O) groups is 1. The fourth-order valence-corrected chi connectivity index (χ4v) is 10.3. The number of halogens is 1. The van der Waals surface area contributed by atoms with Crippen LogP contribution in [0.15, 0.2) is 95.7 Å². The fraction of sp³-hybridized carbons (Fsp3) is 0.408. The van der Waals surface area contributed by atoms with Crippen molar-refractivity contribution in [1.29, 1.82) is 5.26 Å². The fourth-order valence-electron chi connectivity index (χ4n) is 9.10. The maximum atomic E-state index is 14.0. The third-order valence-corrected chi connectivity index (χ3v) is 14.7. The van der Waals surface area contributed by atoms with Crippen molar-refractivity contribution in [1.82, 2.24) is 19.6 Å². The Hall–Kier alpha value is -5.35. The highest BCUT2D eigenvalue weighted by Crippen LogP contribution is 2.44. The molecule has 5 aromatic rings. The van der Waals surface area contributed by atoms with E-state index in [9.17, 15) is 18.5 Å². The number of hydrogen-bond donors (Lipinski definition) is 3. The standard InChI is InChI=1S/C49H56ClN7O4S/c1-33-25-41(10-12-44(33)53-29-34-13-18-49(4,32-51)19-14-34)62(59,60)55-47(58)42-11-9-39(27-45(42)61-40-26-36-16-20-52-46(36)54-30-40)57-23-21-56(22-24-57)31-37-15-17-48(2,3)28-43(37)35-5-7-38(50)8-6-35/h5-12,16,20,25-27,30,34,53H,13-15,17-19,21-24,28-29,31H2,1-4H3,(H,52,54)(H,55,58). The molecule has 1 saturated heterocycles. The molecule has 0 unspecified atom stereocenters. The number of fused-ring (bicyclic) bond motifs is 1. The molecular weight excluding hydrogens is 818 g/mol. The molecule has 0 radical (unpaired) electrons. The Balaban J connectivity index is 0.969. The summed E-state index contributed by atoms with van der Waals surface area (Å²) in [5.41, 5.74) is 7.43. The zero-order valence-electron chi connectivity index (χ0n) is 36.1. The molecule has 8 rings (SSSR count). The van der Waals surface area contributed by atoms with Gasteiger partial charge in [0.1, 0.15) is 17.1 Å². The Kier molecular flexibility index (Phi) is 12.4. The van der Waals surface area contributed by atoms with Crippen molar-refractivity contribution in [2.24, 2.45) is 16.7 Å². The van der Waals surface area contributed by atoms with E-state index in [2.05, 4.69) is 61.9 Å². The summed E-state index contributed by atoms with van der Waals surface area (Å²) in [6.07, 6.45) is 10.3. The van der Waals surface area contributed by atoms with E-state index < -0.39 is 15.9 Å². The van der Waals surface area contributed by atoms with E-state index in [-0.39, 0.29) is 27.0 Å². The van der Waals surface area contributed by atoms with Crippen molar-refractivity contribution in [2.75, 3.05) is 49.5 Å². The van der Waals surface area contributed by atoms with E-state index in [0.29, 0.717) is 17.3 Å². The highest BCUT2D eigenvalue weighted by atomic mass is 35.5. The van der Waals surface area contributed by atoms with Gasteiger partial charge in [-0.3, -0.25) is 9.69 Å². The quantitative estimate of drug-likeness (QED) is 0.112. The number of benzene rings is 3. The number of aromatic amines is 1. The van der Waals surface area contributed by atoms with Crippen LogP contribution >= 0.6 is 11.6 Å². The summed E-state index contributed by atoms with van der Waals surface area (Å²) >= 11 is 6.25. The number of anilines is 2. The highest BCUT2D eigenvalue weighted by molar-refractivity contribution is 7.90. The number of nitriles is 1. The van der Waals surface area contributed by atoms with Crippen molar-refractivity contribution in [3.05, 3.63) is 112 Å². The van der Waals surface area contributed by atoms with Crippen LogP contribution in [0.3, 0.4) is 0 Å². The second kappa shape index (κ2) is 17.8. The molecule has 3 N–H and O–H groups in total. The zero-order chi connectivity index (χ0) is 43.6. The minimum absolute atomic E-state index is 0.0107. The largest absolute Gasteiger partial charge is 0.455 e. The van der Waals surface area contributed by atoms with Crippen molar-refractivity contribution in [3.8, 4) is 17.6 Å². The Morgan fingerprint density at radius 2 is 1.74 bits per heavy atom. The second-order valence-electron chi connectivity index (χ2n) is 18.5. The number of carbonyl (C=O) groups excluding carboxylic acids is 1. The van der Waals surface area contributed by atoms with Gasteiger partial charge < -0.3 is 19.9 Å². The molecule has 0 spiro atoms. The average molecular weight is 875 g/mol. The van der Waals surface area contributed by atoms with Crippen LogP contribution in [0, 0.1) is 35.0 Å². The Bertz CT molecular complexity index is 2630. The molecule has 13 heteroatoms. The van der Waals surface area contributed by atoms with Crippen molar-refractivity contribution in [3.63, 3.8) is 0 Å². The van der Waals surface area contributed by atoms with E-state index in [0.717, 1.165) is 112 Å². The Morgan fingerprint density at radius 3 is 2.47 bits per heavy atom. The molecule has 1 amide bonds. The van der Waals surface area contributed by atoms with Gasteiger partial charge in [-0.15, -0.1) is 0 Å². The second-order valence-corrected chi connectivity index (χ2v) is 20.6. The zero-order valence-corrected chi connectivity index (χ0v) is 37.6. The summed E-state index contributed by atoms with van der Waals surface area (Å²) < 4.78 is 36.2. The van der Waals surface area contributed by atoms with E-state index in [1.807, 2.05) is 50.2 Å². The lowest BCUT2D eigenvalue weighted by Gasteiger charge is -2.39. The molecule has 3 aliphatic rings. The van der Waals surface area contributed by atoms with Crippen LogP contribution in [0.25, 0.3) is 16.6 Å². The molecule has 1 saturated carbocycles. The number of rotatable bonds is 12. The molecule has 2 fully saturated rings. The summed E-state index contributed by atoms with van der Waals surface area (Å²) in [5, 5.41) is 14.5. The van der Waals surface area contributed by atoms with E-state index in [1.54, 1.807) is 30.6 Å². The molecule has 0 atom stereocenters. The third kappa shape index (κ3) is 9.96. The number of nitrogens with zero attached hydrogens (tertiary/aromatic N) is 4. The molecular formula is C49H56ClN7O4S. The summed E-state index contributed by atoms with van der Waals surface area (Å²) in [5.74, 6) is 0.292. The van der Waals surface area contributed by atoms with Crippen molar-refractivity contribution >= 4 is 55.5 Å². The Morgan fingerprint density at radius 1 is 0.984 bits per heavy atom. The number of hydrogen-bond acceptors (Lipinski definition) is 9. The molecule has 0 bridgehead atoms. The number of amides is 1. The normalized spacial score (nSPS) is 20.8. The molecule has 1 aliphatic heterocycles. The monoisotopic (exact) mass is 873 g/mol. The molecule has 2 aliphatic carbocycles. The first-order chi connectivity index (χ1) is 29.7. The van der Waals surface area contributed by atoms with Crippen LogP contribution in [0.2, 0.25) is 5.02 Å². The van der Waals surface area contributed by atoms with Crippen LogP contribution in [0.1, 0.15) is 87.2 Å². The van der Waals surface area contributed by atoms with E-state index in [4.69, 9.17) is 16.3 Å². The topological polar surface area (TPSA) is 143 Å². The Labute approximate surface area is 370 Å². The van der Waals surface area contributed by atoms with Gasteiger partial charge in [-0.05, 0) is 141 Å². The summed E-state index contributed by atoms with van der Waals surface area (Å²) in [6.45, 7) is 13.5. The molecule has 3 heterocycles. The van der Waals surface area contributed by atoms with Crippen LogP contribution in [-0.2, 0) is 10.0 Å². The number of ether oxygens (including phenoxy) is 1. The van der Waals surface area contributed by atoms with Crippen LogP contribution in [0.4, 0.5) is 11.4 Å². The van der Waals surface area contributed by atoms with Gasteiger partial charge in [0.2, 0.25) is 0 Å². The van der Waals surface area contributed by atoms with E-state index in [1.165, 1.54) is 22.8 Å². The van der Waals surface area contributed by atoms with Crippen molar-refractivity contribution in [2.45, 2.75) is 77.5 Å². The molecule has 11 nitrogen and oxygen atoms in total. The van der Waals surface area contributed by atoms with Crippen molar-refractivity contribution < 1.29 is 17.9 Å². The number of aromatic nitrogens is 2.